The lowest BCUT2D eigenvalue weighted by Gasteiger charge is -2.43. The molecule has 1 saturated carbocycles. The Morgan fingerprint density at radius 2 is 1.58 bits per heavy atom. The third-order valence-electron chi connectivity index (χ3n) is 15.4. The molecular formula is C52H79NO14. The largest absolute Gasteiger partial charge is 0.460 e. The first kappa shape index (κ1) is 54.5. The Hall–Kier alpha value is -3.41. The van der Waals surface area contributed by atoms with Crippen LogP contribution in [0.2, 0.25) is 0 Å². The number of rotatable bonds is 8. The zero-order chi connectivity index (χ0) is 49.2. The molecule has 5 aliphatic rings. The smallest absolute Gasteiger partial charge is 0.329 e. The molecule has 0 radical (unpaired) electrons. The molecule has 16 atom stereocenters. The molecule has 0 aromatic carbocycles. The number of carbonyl (C=O) groups is 5. The topological polar surface area (TPSA) is 205 Å². The van der Waals surface area contributed by atoms with Crippen molar-refractivity contribution >= 4 is 29.2 Å². The van der Waals surface area contributed by atoms with Gasteiger partial charge in [0.25, 0.3) is 11.7 Å². The number of amides is 1. The standard InChI is InChI=1S/C52H79NO14/c1-30-13-11-10-12-14-31(2)43(62-7)28-38-17-15-35(6)52(61,67-38)49(58)50(59)53-20-19-37-27-40(53)51(60)66-44(39(37)25-36-16-18-42(65-22-21-54)45(26-36)63-8)29-41(55)32(3)24-34(5)47(57)48(64-9)46(56)33(4)23-30/h10-14,24,30,32-33,35-40,42-45,47-48,54,57,61H,15-23,25-29H2,1-9H3/b12-10+,13-11+,31-14+,34-24+/t30-,32-,33?,35?,36?,37?,38+,39+,40?,42-,43+,44+,45?,47-,48?,52?/m1/s1. The summed E-state index contributed by atoms with van der Waals surface area (Å²) in [5.74, 6) is -7.96. The summed E-state index contributed by atoms with van der Waals surface area (Å²) in [7, 11) is 4.60. The first-order valence-electron chi connectivity index (χ1n) is 24.6. The van der Waals surface area contributed by atoms with E-state index in [1.165, 1.54) is 12.0 Å². The van der Waals surface area contributed by atoms with Crippen LogP contribution in [0.3, 0.4) is 0 Å². The summed E-state index contributed by atoms with van der Waals surface area (Å²) < 4.78 is 35.7. The van der Waals surface area contributed by atoms with Crippen molar-refractivity contribution in [2.75, 3.05) is 41.1 Å². The van der Waals surface area contributed by atoms with E-state index in [4.69, 9.17) is 28.4 Å². The van der Waals surface area contributed by atoms with Crippen molar-refractivity contribution in [2.45, 2.75) is 167 Å². The van der Waals surface area contributed by atoms with Gasteiger partial charge in [0.15, 0.2) is 5.78 Å². The summed E-state index contributed by atoms with van der Waals surface area (Å²) in [5.41, 5.74) is 1.28. The molecule has 15 heteroatoms. The minimum atomic E-state index is -2.43. The second-order valence-electron chi connectivity index (χ2n) is 20.1. The number of hydrogen-bond acceptors (Lipinski definition) is 14. The lowest BCUT2D eigenvalue weighted by molar-refractivity contribution is -0.265. The minimum Gasteiger partial charge on any atom is -0.460 e. The van der Waals surface area contributed by atoms with Gasteiger partial charge in [-0.1, -0.05) is 64.2 Å². The number of esters is 1. The van der Waals surface area contributed by atoms with Crippen LogP contribution in [0, 0.1) is 41.4 Å². The number of nitrogens with zero attached hydrogens (tertiary/aromatic N) is 1. The Kier molecular flexibility index (Phi) is 20.3. The SMILES string of the molecule is COC1C(=O)C(C)C[C@H](C)/C=C/C=C/C=C(\C)[C@@H](OC)C[C@@H]2CCC(C)C(O)(O2)C(=O)C(=O)N2CCC3CC2C(=O)O[C@@H](CC(=O)[C@H](C)/C=C(\C)[C@H]1O)[C@H]3CC1CC[C@@H](OCCO)C(OC)C1. The van der Waals surface area contributed by atoms with Crippen LogP contribution in [0.15, 0.2) is 47.6 Å². The highest BCUT2D eigenvalue weighted by Gasteiger charge is 2.55. The maximum absolute atomic E-state index is 14.4. The molecule has 0 aromatic heterocycles. The van der Waals surface area contributed by atoms with Crippen molar-refractivity contribution in [3.63, 3.8) is 0 Å². The summed E-state index contributed by atoms with van der Waals surface area (Å²) in [5, 5.41) is 32.9. The minimum absolute atomic E-state index is 0.0195. The van der Waals surface area contributed by atoms with Gasteiger partial charge in [0.1, 0.15) is 30.1 Å². The third kappa shape index (κ3) is 13.5. The lowest BCUT2D eigenvalue weighted by Crippen LogP contribution is -2.61. The normalized spacial score (nSPS) is 41.8. The van der Waals surface area contributed by atoms with Gasteiger partial charge in [0.2, 0.25) is 5.79 Å². The maximum Gasteiger partial charge on any atom is 0.329 e. The highest BCUT2D eigenvalue weighted by atomic mass is 16.6. The number of allylic oxidation sites excluding steroid dienone is 6. The van der Waals surface area contributed by atoms with Gasteiger partial charge in [-0.3, -0.25) is 19.2 Å². The van der Waals surface area contributed by atoms with Crippen LogP contribution in [-0.2, 0) is 52.4 Å². The van der Waals surface area contributed by atoms with Gasteiger partial charge in [0, 0.05) is 58.5 Å². The van der Waals surface area contributed by atoms with Gasteiger partial charge < -0.3 is 48.6 Å². The zero-order valence-electron chi connectivity index (χ0n) is 41.3. The zero-order valence-corrected chi connectivity index (χ0v) is 41.3. The molecule has 1 aliphatic carbocycles. The van der Waals surface area contributed by atoms with Crippen LogP contribution >= 0.6 is 0 Å². The quantitative estimate of drug-likeness (QED) is 0.158. The first-order valence-corrected chi connectivity index (χ1v) is 24.6. The van der Waals surface area contributed by atoms with E-state index in [0.29, 0.717) is 56.9 Å². The molecule has 1 amide bonds. The summed E-state index contributed by atoms with van der Waals surface area (Å²) in [6.45, 7) is 11.0. The summed E-state index contributed by atoms with van der Waals surface area (Å²) in [6.07, 6.45) is 11.5. The summed E-state index contributed by atoms with van der Waals surface area (Å²) in [4.78, 5) is 72.2. The molecule has 15 nitrogen and oxygen atoms in total. The van der Waals surface area contributed by atoms with E-state index in [-0.39, 0.29) is 80.0 Å². The number of piperidine rings is 1. The highest BCUT2D eigenvalue weighted by Crippen LogP contribution is 2.44. The highest BCUT2D eigenvalue weighted by molar-refractivity contribution is 6.39. The molecule has 3 saturated heterocycles. The van der Waals surface area contributed by atoms with E-state index < -0.39 is 77.8 Å². The van der Waals surface area contributed by atoms with Crippen molar-refractivity contribution in [3.05, 3.63) is 47.6 Å². The number of Topliss-reactive ketones (excluding diaryl/α,β-unsaturated/α-hetero) is 3. The second kappa shape index (κ2) is 24.9. The predicted molar refractivity (Wildman–Crippen MR) is 249 cm³/mol. The molecular weight excluding hydrogens is 863 g/mol. The van der Waals surface area contributed by atoms with Crippen LogP contribution in [0.4, 0.5) is 0 Å². The predicted octanol–water partition coefficient (Wildman–Crippen LogP) is 5.42. The van der Waals surface area contributed by atoms with Crippen molar-refractivity contribution in [3.8, 4) is 0 Å². The van der Waals surface area contributed by atoms with E-state index in [2.05, 4.69) is 0 Å². The van der Waals surface area contributed by atoms with Gasteiger partial charge >= 0.3 is 5.97 Å². The molecule has 4 heterocycles. The number of hydrogen-bond donors (Lipinski definition) is 3. The molecule has 4 fully saturated rings. The molecule has 376 valence electrons. The lowest BCUT2D eigenvalue weighted by atomic mass is 9.71. The van der Waals surface area contributed by atoms with E-state index in [1.807, 2.05) is 51.2 Å². The van der Waals surface area contributed by atoms with Crippen LogP contribution in [0.25, 0.3) is 0 Å². The Balaban J connectivity index is 1.49. The number of methoxy groups -OCH3 is 3. The molecule has 5 rings (SSSR count). The van der Waals surface area contributed by atoms with Crippen LogP contribution in [0.1, 0.15) is 112 Å². The number of fused-ring (bicyclic) bond motifs is 5. The average molecular weight is 942 g/mol. The maximum atomic E-state index is 14.4. The fourth-order valence-corrected chi connectivity index (χ4v) is 11.2. The van der Waals surface area contributed by atoms with Crippen molar-refractivity contribution in [1.82, 2.24) is 4.90 Å². The van der Waals surface area contributed by atoms with Crippen molar-refractivity contribution < 1.29 is 67.7 Å². The van der Waals surface area contributed by atoms with Crippen molar-refractivity contribution in [1.29, 1.82) is 0 Å². The van der Waals surface area contributed by atoms with Gasteiger partial charge in [-0.2, -0.15) is 0 Å². The Morgan fingerprint density at radius 3 is 2.27 bits per heavy atom. The number of aliphatic hydroxyl groups is 3. The molecule has 67 heavy (non-hydrogen) atoms. The van der Waals surface area contributed by atoms with Crippen LogP contribution in [0.5, 0.6) is 0 Å². The van der Waals surface area contributed by atoms with Gasteiger partial charge in [-0.05, 0) is 106 Å². The Labute approximate surface area is 397 Å². The first-order chi connectivity index (χ1) is 31.9. The Morgan fingerprint density at radius 1 is 0.836 bits per heavy atom. The van der Waals surface area contributed by atoms with E-state index in [0.717, 1.165) is 12.0 Å². The molecule has 8 unspecified atom stereocenters. The van der Waals surface area contributed by atoms with Gasteiger partial charge in [-0.25, -0.2) is 4.79 Å². The fourth-order valence-electron chi connectivity index (χ4n) is 11.2. The molecule has 3 N–H and O–H groups in total. The Bertz CT molecular complexity index is 1840. The number of carbonyl (C=O) groups excluding carboxylic acids is 5. The van der Waals surface area contributed by atoms with Crippen LogP contribution < -0.4 is 0 Å². The third-order valence-corrected chi connectivity index (χ3v) is 15.4. The van der Waals surface area contributed by atoms with Gasteiger partial charge in [0.05, 0.1) is 37.6 Å². The fraction of sp³-hybridized carbons (Fsp3) is 0.750. The molecule has 4 aliphatic heterocycles. The summed E-state index contributed by atoms with van der Waals surface area (Å²) in [6, 6.07) is -1.13. The molecule has 0 aromatic rings. The van der Waals surface area contributed by atoms with E-state index in [1.54, 1.807) is 41.1 Å². The average Bonchev–Trinajstić information content (AvgIpc) is 3.40. The van der Waals surface area contributed by atoms with Crippen LogP contribution in [-0.4, -0.2) is 145 Å². The van der Waals surface area contributed by atoms with Gasteiger partial charge in [-0.15, -0.1) is 0 Å². The number of ether oxygens (including phenoxy) is 6. The monoisotopic (exact) mass is 942 g/mol. The summed E-state index contributed by atoms with van der Waals surface area (Å²) >= 11 is 0. The number of ketones is 3. The number of aliphatic hydroxyl groups excluding tert-OH is 2. The van der Waals surface area contributed by atoms with E-state index in [9.17, 15) is 39.3 Å². The molecule has 0 spiro atoms. The van der Waals surface area contributed by atoms with Crippen molar-refractivity contribution in [2.24, 2.45) is 41.4 Å². The molecule has 5 bridgehead atoms. The van der Waals surface area contributed by atoms with E-state index >= 15 is 0 Å². The second-order valence-corrected chi connectivity index (χ2v) is 20.1.